The third-order valence-electron chi connectivity index (χ3n) is 3.01. The van der Waals surface area contributed by atoms with Crippen molar-refractivity contribution < 1.29 is 19.4 Å². The first kappa shape index (κ1) is 12.0. The van der Waals surface area contributed by atoms with Crippen LogP contribution < -0.4 is 0 Å². The van der Waals surface area contributed by atoms with E-state index in [0.717, 1.165) is 6.42 Å². The normalized spacial score (nSPS) is 30.8. The van der Waals surface area contributed by atoms with Crippen LogP contribution in [0.4, 0.5) is 4.79 Å². The monoisotopic (exact) mass is 239 g/mol. The molecule has 1 heterocycles. The molecule has 0 unspecified atom stereocenters. The highest BCUT2D eigenvalue weighted by Gasteiger charge is 2.60. The molecule has 1 amide bonds. The summed E-state index contributed by atoms with van der Waals surface area (Å²) in [4.78, 5) is 24.3. The molecule has 0 bridgehead atoms. The second-order valence-electron chi connectivity index (χ2n) is 5.53. The summed E-state index contributed by atoms with van der Waals surface area (Å²) in [6, 6.07) is -0.229. The van der Waals surface area contributed by atoms with E-state index in [1.807, 2.05) is 6.08 Å². The number of rotatable bonds is 1. The third kappa shape index (κ3) is 2.28. The van der Waals surface area contributed by atoms with Gasteiger partial charge in [-0.2, -0.15) is 0 Å². The number of carbonyl (C=O) groups is 2. The Morgan fingerprint density at radius 2 is 2.06 bits per heavy atom. The highest BCUT2D eigenvalue weighted by atomic mass is 16.6. The molecule has 3 atom stereocenters. The molecule has 0 aromatic rings. The SMILES string of the molecule is CC(C)(C)OC(=O)N1C=CC[C@@H]2[C@@H](C(=O)O)[C@@H]21. The highest BCUT2D eigenvalue weighted by molar-refractivity contribution is 5.79. The Hall–Kier alpha value is -1.52. The van der Waals surface area contributed by atoms with Gasteiger partial charge in [-0.15, -0.1) is 0 Å². The lowest BCUT2D eigenvalue weighted by molar-refractivity contribution is -0.139. The van der Waals surface area contributed by atoms with Gasteiger partial charge in [0, 0.05) is 6.20 Å². The molecule has 1 fully saturated rings. The van der Waals surface area contributed by atoms with Crippen LogP contribution in [0.2, 0.25) is 0 Å². The zero-order valence-corrected chi connectivity index (χ0v) is 10.2. The first-order valence-electron chi connectivity index (χ1n) is 5.72. The molecule has 1 saturated carbocycles. The van der Waals surface area contributed by atoms with Gasteiger partial charge in [0.1, 0.15) is 5.60 Å². The fourth-order valence-corrected chi connectivity index (χ4v) is 2.28. The van der Waals surface area contributed by atoms with Gasteiger partial charge in [-0.1, -0.05) is 6.08 Å². The predicted octanol–water partition coefficient (Wildman–Crippen LogP) is 1.84. The first-order valence-corrected chi connectivity index (χ1v) is 5.72. The molecule has 2 aliphatic rings. The van der Waals surface area contributed by atoms with E-state index in [9.17, 15) is 9.59 Å². The van der Waals surface area contributed by atoms with Crippen molar-refractivity contribution in [3.05, 3.63) is 12.3 Å². The van der Waals surface area contributed by atoms with Crippen LogP contribution in [0.1, 0.15) is 27.2 Å². The number of allylic oxidation sites excluding steroid dienone is 1. The van der Waals surface area contributed by atoms with Gasteiger partial charge < -0.3 is 9.84 Å². The number of carbonyl (C=O) groups excluding carboxylic acids is 1. The van der Waals surface area contributed by atoms with Crippen molar-refractivity contribution >= 4 is 12.1 Å². The zero-order chi connectivity index (χ0) is 12.8. The summed E-state index contributed by atoms with van der Waals surface area (Å²) in [6.07, 6.45) is 3.72. The maximum atomic E-state index is 11.9. The topological polar surface area (TPSA) is 66.8 Å². The maximum Gasteiger partial charge on any atom is 0.414 e. The van der Waals surface area contributed by atoms with E-state index >= 15 is 0 Å². The average molecular weight is 239 g/mol. The molecule has 0 aromatic heterocycles. The van der Waals surface area contributed by atoms with Gasteiger partial charge in [-0.05, 0) is 33.1 Å². The minimum absolute atomic E-state index is 0.0463. The Morgan fingerprint density at radius 3 is 2.59 bits per heavy atom. The Labute approximate surface area is 100 Å². The number of carboxylic acid groups (broad SMARTS) is 1. The molecule has 5 heteroatoms. The standard InChI is InChI=1S/C12H17NO4/c1-12(2,3)17-11(16)13-6-4-5-7-8(9(7)13)10(14)15/h4,6-9H,5H2,1-3H3,(H,14,15)/t7-,8-,9-/m1/s1. The summed E-state index contributed by atoms with van der Waals surface area (Å²) < 4.78 is 5.25. The Kier molecular flexibility index (Phi) is 2.64. The minimum atomic E-state index is -0.836. The lowest BCUT2D eigenvalue weighted by Gasteiger charge is -2.26. The second-order valence-corrected chi connectivity index (χ2v) is 5.53. The molecule has 5 nitrogen and oxygen atoms in total. The molecule has 0 spiro atoms. The smallest absolute Gasteiger partial charge is 0.414 e. The van der Waals surface area contributed by atoms with Gasteiger partial charge >= 0.3 is 12.1 Å². The van der Waals surface area contributed by atoms with Gasteiger partial charge in [0.25, 0.3) is 0 Å². The van der Waals surface area contributed by atoms with E-state index in [2.05, 4.69) is 0 Å². The van der Waals surface area contributed by atoms with Crippen LogP contribution in [-0.2, 0) is 9.53 Å². The van der Waals surface area contributed by atoms with Gasteiger partial charge in [0.15, 0.2) is 0 Å². The van der Waals surface area contributed by atoms with Crippen LogP contribution in [-0.4, -0.2) is 33.7 Å². The Bertz CT molecular complexity index is 382. The summed E-state index contributed by atoms with van der Waals surface area (Å²) in [5.74, 6) is -1.24. The number of carboxylic acids is 1. The Morgan fingerprint density at radius 1 is 1.41 bits per heavy atom. The van der Waals surface area contributed by atoms with Gasteiger partial charge in [0.2, 0.25) is 0 Å². The van der Waals surface area contributed by atoms with E-state index in [0.29, 0.717) is 0 Å². The van der Waals surface area contributed by atoms with E-state index < -0.39 is 23.6 Å². The number of ether oxygens (including phenoxy) is 1. The summed E-state index contributed by atoms with van der Waals surface area (Å²) in [7, 11) is 0. The van der Waals surface area contributed by atoms with E-state index in [1.165, 1.54) is 4.90 Å². The summed E-state index contributed by atoms with van der Waals surface area (Å²) in [5, 5.41) is 9.01. The van der Waals surface area contributed by atoms with Gasteiger partial charge in [0.05, 0.1) is 12.0 Å². The quantitative estimate of drug-likeness (QED) is 0.758. The molecule has 0 aromatic carbocycles. The fraction of sp³-hybridized carbons (Fsp3) is 0.667. The van der Waals surface area contributed by atoms with Gasteiger partial charge in [-0.25, -0.2) is 4.79 Å². The molecule has 94 valence electrons. The number of amides is 1. The van der Waals surface area contributed by atoms with Crippen molar-refractivity contribution in [1.82, 2.24) is 4.90 Å². The second kappa shape index (κ2) is 3.75. The van der Waals surface area contributed by atoms with Crippen molar-refractivity contribution in [2.24, 2.45) is 11.8 Å². The van der Waals surface area contributed by atoms with Crippen LogP contribution in [0.25, 0.3) is 0 Å². The molecular weight excluding hydrogens is 222 g/mol. The Balaban J connectivity index is 2.06. The number of hydrogen-bond acceptors (Lipinski definition) is 3. The molecule has 1 N–H and O–H groups in total. The van der Waals surface area contributed by atoms with Crippen LogP contribution in [0.5, 0.6) is 0 Å². The van der Waals surface area contributed by atoms with Crippen molar-refractivity contribution in [2.45, 2.75) is 38.8 Å². The molecular formula is C12H17NO4. The molecule has 17 heavy (non-hydrogen) atoms. The minimum Gasteiger partial charge on any atom is -0.481 e. The summed E-state index contributed by atoms with van der Waals surface area (Å²) in [5.41, 5.74) is -0.564. The van der Waals surface area contributed by atoms with E-state index in [-0.39, 0.29) is 12.0 Å². The summed E-state index contributed by atoms with van der Waals surface area (Å²) in [6.45, 7) is 5.37. The van der Waals surface area contributed by atoms with Crippen molar-refractivity contribution in [3.8, 4) is 0 Å². The largest absolute Gasteiger partial charge is 0.481 e. The first-order chi connectivity index (χ1) is 7.81. The third-order valence-corrected chi connectivity index (χ3v) is 3.01. The number of fused-ring (bicyclic) bond motifs is 1. The zero-order valence-electron chi connectivity index (χ0n) is 10.2. The molecule has 0 radical (unpaired) electrons. The average Bonchev–Trinajstić information content (AvgIpc) is 2.87. The lowest BCUT2D eigenvalue weighted by atomic mass is 10.2. The van der Waals surface area contributed by atoms with Crippen molar-refractivity contribution in [2.75, 3.05) is 0 Å². The van der Waals surface area contributed by atoms with E-state index in [1.54, 1.807) is 27.0 Å². The van der Waals surface area contributed by atoms with E-state index in [4.69, 9.17) is 9.84 Å². The number of hydrogen-bond donors (Lipinski definition) is 1. The van der Waals surface area contributed by atoms with Crippen LogP contribution in [0, 0.1) is 11.8 Å². The van der Waals surface area contributed by atoms with Gasteiger partial charge in [-0.3, -0.25) is 9.69 Å². The van der Waals surface area contributed by atoms with Crippen LogP contribution in [0.3, 0.4) is 0 Å². The molecule has 2 rings (SSSR count). The maximum absolute atomic E-state index is 11.9. The van der Waals surface area contributed by atoms with Crippen molar-refractivity contribution in [1.29, 1.82) is 0 Å². The molecule has 0 saturated heterocycles. The number of nitrogens with zero attached hydrogens (tertiary/aromatic N) is 1. The molecule has 1 aliphatic heterocycles. The fourth-order valence-electron chi connectivity index (χ4n) is 2.28. The summed E-state index contributed by atoms with van der Waals surface area (Å²) >= 11 is 0. The predicted molar refractivity (Wildman–Crippen MR) is 60.2 cm³/mol. The highest BCUT2D eigenvalue weighted by Crippen LogP contribution is 2.48. The lowest BCUT2D eigenvalue weighted by Crippen LogP contribution is -2.37. The van der Waals surface area contributed by atoms with Crippen LogP contribution >= 0.6 is 0 Å². The van der Waals surface area contributed by atoms with Crippen molar-refractivity contribution in [3.63, 3.8) is 0 Å². The number of aliphatic carboxylic acids is 1. The molecule has 1 aliphatic carbocycles. The van der Waals surface area contributed by atoms with Crippen LogP contribution in [0.15, 0.2) is 12.3 Å².